The van der Waals surface area contributed by atoms with E-state index in [9.17, 15) is 9.59 Å². The lowest BCUT2D eigenvalue weighted by Crippen LogP contribution is -2.48. The predicted octanol–water partition coefficient (Wildman–Crippen LogP) is 3.79. The third kappa shape index (κ3) is 3.80. The monoisotopic (exact) mass is 412 g/mol. The average molecular weight is 413 g/mol. The molecule has 146 valence electrons. The Morgan fingerprint density at radius 3 is 2.79 bits per heavy atom. The largest absolute Gasteiger partial charge is 0.356 e. The molecule has 0 aliphatic carbocycles. The fraction of sp³-hybridized carbons (Fsp3) is 0.409. The van der Waals surface area contributed by atoms with Crippen LogP contribution < -0.4 is 5.56 Å². The molecule has 1 aromatic carbocycles. The fourth-order valence-electron chi connectivity index (χ4n) is 4.47. The Labute approximate surface area is 174 Å². The second kappa shape index (κ2) is 7.84. The molecule has 0 N–H and O–H groups in total. The van der Waals surface area contributed by atoms with E-state index in [1.807, 2.05) is 42.7 Å². The number of benzene rings is 1. The van der Waals surface area contributed by atoms with E-state index in [0.717, 1.165) is 52.8 Å². The molecule has 2 aliphatic rings. The first kappa shape index (κ1) is 19.4. The van der Waals surface area contributed by atoms with E-state index in [4.69, 9.17) is 12.2 Å². The van der Waals surface area contributed by atoms with Crippen molar-refractivity contribution in [2.24, 2.45) is 5.92 Å². The van der Waals surface area contributed by atoms with Gasteiger partial charge in [0, 0.05) is 42.9 Å². The molecule has 4 nitrogen and oxygen atoms in total. The number of Topliss-reactive ketones (excluding diaryl/α,β-unsaturated/α-hetero) is 1. The van der Waals surface area contributed by atoms with Gasteiger partial charge in [0.15, 0.2) is 5.78 Å². The molecule has 4 rings (SSSR count). The zero-order valence-electron chi connectivity index (χ0n) is 16.2. The SMILES string of the molecule is Cc1ccc(C(=O)CSC(=S)N2CC3CC(C2)c2cccc(=O)n2C3)c(C)c1. The van der Waals surface area contributed by atoms with E-state index >= 15 is 0 Å². The van der Waals surface area contributed by atoms with Crippen LogP contribution in [0.5, 0.6) is 0 Å². The third-order valence-electron chi connectivity index (χ3n) is 5.75. The van der Waals surface area contributed by atoms with Crippen LogP contribution in [0.4, 0.5) is 0 Å². The minimum atomic E-state index is 0.0941. The molecule has 1 saturated heterocycles. The molecule has 1 aromatic heterocycles. The van der Waals surface area contributed by atoms with Gasteiger partial charge in [-0.2, -0.15) is 0 Å². The molecular formula is C22H24N2O2S2. The number of fused-ring (bicyclic) bond motifs is 4. The van der Waals surface area contributed by atoms with Gasteiger partial charge in [-0.25, -0.2) is 0 Å². The van der Waals surface area contributed by atoms with Crippen molar-refractivity contribution in [1.29, 1.82) is 0 Å². The lowest BCUT2D eigenvalue weighted by molar-refractivity contribution is 0.102. The Bertz CT molecular complexity index is 998. The summed E-state index contributed by atoms with van der Waals surface area (Å²) in [6.45, 7) is 6.46. The van der Waals surface area contributed by atoms with E-state index in [-0.39, 0.29) is 11.3 Å². The van der Waals surface area contributed by atoms with E-state index in [2.05, 4.69) is 11.0 Å². The zero-order valence-corrected chi connectivity index (χ0v) is 17.8. The molecule has 0 saturated carbocycles. The third-order valence-corrected chi connectivity index (χ3v) is 7.27. The summed E-state index contributed by atoms with van der Waals surface area (Å²) < 4.78 is 2.72. The van der Waals surface area contributed by atoms with Gasteiger partial charge in [-0.15, -0.1) is 0 Å². The minimum Gasteiger partial charge on any atom is -0.356 e. The second-order valence-electron chi connectivity index (χ2n) is 7.90. The van der Waals surface area contributed by atoms with E-state index in [0.29, 0.717) is 17.6 Å². The number of hydrogen-bond acceptors (Lipinski definition) is 4. The number of thioether (sulfide) groups is 1. The molecule has 0 spiro atoms. The van der Waals surface area contributed by atoms with Crippen molar-refractivity contribution in [1.82, 2.24) is 9.47 Å². The molecule has 2 aliphatic heterocycles. The average Bonchev–Trinajstić information content (AvgIpc) is 2.66. The van der Waals surface area contributed by atoms with Crippen LogP contribution in [0.1, 0.15) is 39.5 Å². The van der Waals surface area contributed by atoms with Gasteiger partial charge in [0.25, 0.3) is 5.56 Å². The maximum Gasteiger partial charge on any atom is 0.250 e. The van der Waals surface area contributed by atoms with Crippen LogP contribution >= 0.6 is 24.0 Å². The van der Waals surface area contributed by atoms with Crippen LogP contribution in [0.2, 0.25) is 0 Å². The highest BCUT2D eigenvalue weighted by molar-refractivity contribution is 8.23. The number of carbonyl (C=O) groups is 1. The van der Waals surface area contributed by atoms with Crippen molar-refractivity contribution in [3.63, 3.8) is 0 Å². The van der Waals surface area contributed by atoms with Gasteiger partial charge in [0.2, 0.25) is 0 Å². The number of ketones is 1. The number of thiocarbonyl (C=S) groups is 1. The van der Waals surface area contributed by atoms with Gasteiger partial charge in [0.1, 0.15) is 4.32 Å². The van der Waals surface area contributed by atoms with Gasteiger partial charge >= 0.3 is 0 Å². The summed E-state index contributed by atoms with van der Waals surface area (Å²) in [4.78, 5) is 27.0. The second-order valence-corrected chi connectivity index (χ2v) is 9.51. The van der Waals surface area contributed by atoms with Crippen LogP contribution in [0.3, 0.4) is 0 Å². The van der Waals surface area contributed by atoms with E-state index in [1.54, 1.807) is 6.07 Å². The summed E-state index contributed by atoms with van der Waals surface area (Å²) in [6, 6.07) is 11.5. The number of carbonyl (C=O) groups excluding carboxylic acids is 1. The number of likely N-dealkylation sites (tertiary alicyclic amines) is 1. The smallest absolute Gasteiger partial charge is 0.250 e. The summed E-state index contributed by atoms with van der Waals surface area (Å²) >= 11 is 7.13. The lowest BCUT2D eigenvalue weighted by Gasteiger charge is -2.43. The molecule has 3 heterocycles. The Hall–Kier alpha value is -1.92. The number of hydrogen-bond donors (Lipinski definition) is 0. The fourth-order valence-corrected chi connectivity index (χ4v) is 5.54. The number of piperidine rings is 1. The standard InChI is InChI=1S/C22H24N2O2S2/c1-14-6-7-18(15(2)8-14)20(25)13-28-22(27)23-10-16-9-17(12-23)19-4-3-5-21(26)24(19)11-16/h3-8,16-17H,9-13H2,1-2H3. The highest BCUT2D eigenvalue weighted by atomic mass is 32.2. The number of pyridine rings is 1. The highest BCUT2D eigenvalue weighted by Crippen LogP contribution is 2.36. The molecule has 2 bridgehead atoms. The summed E-state index contributed by atoms with van der Waals surface area (Å²) in [5.41, 5.74) is 4.18. The van der Waals surface area contributed by atoms with Crippen molar-refractivity contribution in [3.05, 3.63) is 69.1 Å². The first-order valence-electron chi connectivity index (χ1n) is 9.64. The van der Waals surface area contributed by atoms with Gasteiger partial charge in [0.05, 0.1) is 5.75 Å². The number of nitrogens with zero attached hydrogens (tertiary/aromatic N) is 2. The molecule has 2 atom stereocenters. The van der Waals surface area contributed by atoms with Crippen LogP contribution in [0.25, 0.3) is 0 Å². The van der Waals surface area contributed by atoms with E-state index in [1.165, 1.54) is 11.8 Å². The number of aromatic nitrogens is 1. The van der Waals surface area contributed by atoms with Gasteiger partial charge in [-0.3, -0.25) is 9.59 Å². The maximum absolute atomic E-state index is 12.6. The molecule has 2 unspecified atom stereocenters. The normalized spacial score (nSPS) is 20.6. The molecule has 6 heteroatoms. The van der Waals surface area contributed by atoms with Gasteiger partial charge in [-0.05, 0) is 37.8 Å². The van der Waals surface area contributed by atoms with Crippen LogP contribution in [0.15, 0.2) is 41.2 Å². The Kier molecular flexibility index (Phi) is 5.43. The topological polar surface area (TPSA) is 42.3 Å². The van der Waals surface area contributed by atoms with Crippen molar-refractivity contribution in [3.8, 4) is 0 Å². The minimum absolute atomic E-state index is 0.0941. The molecule has 0 radical (unpaired) electrons. The predicted molar refractivity (Wildman–Crippen MR) is 118 cm³/mol. The molecule has 28 heavy (non-hydrogen) atoms. The maximum atomic E-state index is 12.6. The molecule has 1 fully saturated rings. The summed E-state index contributed by atoms with van der Waals surface area (Å²) in [7, 11) is 0. The number of rotatable bonds is 3. The van der Waals surface area contributed by atoms with Gasteiger partial charge in [-0.1, -0.05) is 53.8 Å². The first-order valence-corrected chi connectivity index (χ1v) is 11.0. The van der Waals surface area contributed by atoms with Crippen LogP contribution in [-0.4, -0.2) is 38.4 Å². The van der Waals surface area contributed by atoms with Gasteiger partial charge < -0.3 is 9.47 Å². The van der Waals surface area contributed by atoms with Crippen molar-refractivity contribution in [2.75, 3.05) is 18.8 Å². The van der Waals surface area contributed by atoms with Crippen molar-refractivity contribution >= 4 is 34.1 Å². The number of aryl methyl sites for hydroxylation is 2. The first-order chi connectivity index (χ1) is 13.4. The van der Waals surface area contributed by atoms with Crippen LogP contribution in [0, 0.1) is 19.8 Å². The highest BCUT2D eigenvalue weighted by Gasteiger charge is 2.35. The van der Waals surface area contributed by atoms with Crippen molar-refractivity contribution < 1.29 is 4.79 Å². The Morgan fingerprint density at radius 2 is 2.00 bits per heavy atom. The molecule has 0 amide bonds. The molecule has 2 aromatic rings. The lowest BCUT2D eigenvalue weighted by atomic mass is 9.83. The summed E-state index contributed by atoms with van der Waals surface area (Å²) in [5.74, 6) is 1.25. The summed E-state index contributed by atoms with van der Waals surface area (Å²) in [5, 5.41) is 0. The zero-order chi connectivity index (χ0) is 19.8. The molecular weight excluding hydrogens is 388 g/mol. The quantitative estimate of drug-likeness (QED) is 0.567. The van der Waals surface area contributed by atoms with Crippen molar-refractivity contribution in [2.45, 2.75) is 32.7 Å². The van der Waals surface area contributed by atoms with Crippen LogP contribution in [-0.2, 0) is 6.54 Å². The Morgan fingerprint density at radius 1 is 1.18 bits per heavy atom. The van der Waals surface area contributed by atoms with E-state index < -0.39 is 0 Å². The Balaban J connectivity index is 1.41. The summed E-state index contributed by atoms with van der Waals surface area (Å²) in [6.07, 6.45) is 1.11.